The number of carbonyl (C=O) groups excluding carboxylic acids is 1. The quantitative estimate of drug-likeness (QED) is 0.726. The van der Waals surface area contributed by atoms with Crippen molar-refractivity contribution < 1.29 is 9.18 Å². The molecule has 0 saturated carbocycles. The van der Waals surface area contributed by atoms with Crippen LogP contribution in [0.2, 0.25) is 0 Å². The monoisotopic (exact) mass is 237 g/mol. The average molecular weight is 237 g/mol. The van der Waals surface area contributed by atoms with Crippen molar-refractivity contribution in [2.24, 2.45) is 0 Å². The fourth-order valence-electron chi connectivity index (χ4n) is 1.72. The number of Topliss-reactive ketones (excluding diaryl/α,β-unsaturated/α-hetero) is 1. The fraction of sp³-hybridized carbons (Fsp3) is 0.500. The van der Waals surface area contributed by atoms with Crippen molar-refractivity contribution in [3.63, 3.8) is 0 Å². The number of benzene rings is 1. The molecule has 1 rings (SSSR count). The van der Waals surface area contributed by atoms with Gasteiger partial charge in [0.05, 0.1) is 0 Å². The smallest absolute Gasteiger partial charge is 0.129 e. The Bertz CT molecular complexity index is 365. The zero-order valence-electron chi connectivity index (χ0n) is 10.6. The maximum atomic E-state index is 13.3. The zero-order chi connectivity index (χ0) is 12.7. The van der Waals surface area contributed by atoms with E-state index < -0.39 is 0 Å². The summed E-state index contributed by atoms with van der Waals surface area (Å²) in [5.41, 5.74) is 0.755. The molecule has 0 spiro atoms. The Hall–Kier alpha value is -1.22. The summed E-state index contributed by atoms with van der Waals surface area (Å²) >= 11 is 0. The molecule has 0 radical (unpaired) electrons. The summed E-state index contributed by atoms with van der Waals surface area (Å²) in [6, 6.07) is 6.87. The van der Waals surface area contributed by atoms with Crippen molar-refractivity contribution in [2.75, 3.05) is 20.1 Å². The molecule has 0 bridgehead atoms. The molecule has 3 heteroatoms. The van der Waals surface area contributed by atoms with E-state index in [0.717, 1.165) is 25.1 Å². The van der Waals surface area contributed by atoms with Crippen molar-refractivity contribution in [3.05, 3.63) is 35.6 Å². The lowest BCUT2D eigenvalue weighted by Crippen LogP contribution is -2.23. The van der Waals surface area contributed by atoms with Crippen molar-refractivity contribution in [1.82, 2.24) is 4.90 Å². The third kappa shape index (κ3) is 5.59. The van der Waals surface area contributed by atoms with Gasteiger partial charge in [0.25, 0.3) is 0 Å². The number of hydrogen-bond donors (Lipinski definition) is 0. The van der Waals surface area contributed by atoms with Gasteiger partial charge in [-0.2, -0.15) is 0 Å². The maximum Gasteiger partial charge on any atom is 0.129 e. The van der Waals surface area contributed by atoms with Gasteiger partial charge in [0.1, 0.15) is 11.6 Å². The molecule has 0 atom stereocenters. The highest BCUT2D eigenvalue weighted by Crippen LogP contribution is 2.07. The summed E-state index contributed by atoms with van der Waals surface area (Å²) in [5.74, 6) is 0.0946. The van der Waals surface area contributed by atoms with Crippen LogP contribution in [0.15, 0.2) is 24.3 Å². The molecule has 0 saturated heterocycles. The molecular weight excluding hydrogens is 217 g/mol. The number of rotatable bonds is 7. The van der Waals surface area contributed by atoms with Crippen molar-refractivity contribution in [3.8, 4) is 0 Å². The van der Waals surface area contributed by atoms with E-state index in [1.54, 1.807) is 13.0 Å². The lowest BCUT2D eigenvalue weighted by Gasteiger charge is -2.16. The molecule has 0 heterocycles. The fourth-order valence-corrected chi connectivity index (χ4v) is 1.72. The molecule has 0 aromatic heterocycles. The third-order valence-corrected chi connectivity index (χ3v) is 2.79. The Morgan fingerprint density at radius 1 is 1.29 bits per heavy atom. The van der Waals surface area contributed by atoms with Crippen LogP contribution >= 0.6 is 0 Å². The Morgan fingerprint density at radius 3 is 2.65 bits per heavy atom. The molecule has 94 valence electrons. The van der Waals surface area contributed by atoms with Crippen LogP contribution < -0.4 is 0 Å². The van der Waals surface area contributed by atoms with Gasteiger partial charge in [-0.05, 0) is 45.0 Å². The van der Waals surface area contributed by atoms with Gasteiger partial charge in [0, 0.05) is 13.0 Å². The number of ketones is 1. The minimum Gasteiger partial charge on any atom is -0.306 e. The molecule has 0 fully saturated rings. The Morgan fingerprint density at radius 2 is 2.00 bits per heavy atom. The third-order valence-electron chi connectivity index (χ3n) is 2.79. The van der Waals surface area contributed by atoms with E-state index >= 15 is 0 Å². The van der Waals surface area contributed by atoms with Crippen LogP contribution in [-0.4, -0.2) is 30.8 Å². The van der Waals surface area contributed by atoms with Crippen LogP contribution in [0.1, 0.15) is 25.3 Å². The first-order valence-corrected chi connectivity index (χ1v) is 6.01. The number of likely N-dealkylation sites (N-methyl/N-ethyl adjacent to an activating group) is 1. The van der Waals surface area contributed by atoms with Crippen LogP contribution in [0.3, 0.4) is 0 Å². The van der Waals surface area contributed by atoms with Gasteiger partial charge in [-0.1, -0.05) is 18.2 Å². The van der Waals surface area contributed by atoms with E-state index in [4.69, 9.17) is 0 Å². The lowest BCUT2D eigenvalue weighted by atomic mass is 10.1. The summed E-state index contributed by atoms with van der Waals surface area (Å²) in [5, 5.41) is 0. The predicted octanol–water partition coefficient (Wildman–Crippen LogP) is 2.67. The average Bonchev–Trinajstić information content (AvgIpc) is 2.27. The molecule has 0 N–H and O–H groups in total. The first-order chi connectivity index (χ1) is 8.09. The second-order valence-electron chi connectivity index (χ2n) is 4.45. The van der Waals surface area contributed by atoms with Crippen LogP contribution in [0.5, 0.6) is 0 Å². The number of hydrogen-bond acceptors (Lipinski definition) is 2. The SMILES string of the molecule is CC(=O)CCCN(C)CCc1ccccc1F. The summed E-state index contributed by atoms with van der Waals surface area (Å²) in [4.78, 5) is 12.9. The second kappa shape index (κ2) is 7.17. The topological polar surface area (TPSA) is 20.3 Å². The Kier molecular flexibility index (Phi) is 5.84. The van der Waals surface area contributed by atoms with E-state index in [1.165, 1.54) is 6.07 Å². The number of carbonyl (C=O) groups is 1. The van der Waals surface area contributed by atoms with E-state index in [1.807, 2.05) is 19.2 Å². The van der Waals surface area contributed by atoms with Crippen molar-refractivity contribution in [1.29, 1.82) is 0 Å². The van der Waals surface area contributed by atoms with Gasteiger partial charge < -0.3 is 9.69 Å². The molecule has 0 aliphatic rings. The number of nitrogens with zero attached hydrogens (tertiary/aromatic N) is 1. The molecule has 0 unspecified atom stereocenters. The zero-order valence-corrected chi connectivity index (χ0v) is 10.6. The van der Waals surface area contributed by atoms with Crippen molar-refractivity contribution in [2.45, 2.75) is 26.2 Å². The lowest BCUT2D eigenvalue weighted by molar-refractivity contribution is -0.117. The highest BCUT2D eigenvalue weighted by atomic mass is 19.1. The minimum absolute atomic E-state index is 0.135. The van der Waals surface area contributed by atoms with Crippen LogP contribution in [0, 0.1) is 5.82 Å². The number of halogens is 1. The van der Waals surface area contributed by atoms with E-state index in [-0.39, 0.29) is 11.6 Å². The van der Waals surface area contributed by atoms with Crippen LogP contribution in [-0.2, 0) is 11.2 Å². The van der Waals surface area contributed by atoms with Gasteiger partial charge >= 0.3 is 0 Å². The summed E-state index contributed by atoms with van der Waals surface area (Å²) < 4.78 is 13.3. The molecule has 0 aliphatic carbocycles. The van der Waals surface area contributed by atoms with Gasteiger partial charge in [0.2, 0.25) is 0 Å². The molecule has 17 heavy (non-hydrogen) atoms. The molecule has 0 aliphatic heterocycles. The highest BCUT2D eigenvalue weighted by molar-refractivity contribution is 5.75. The van der Waals surface area contributed by atoms with Crippen LogP contribution in [0.4, 0.5) is 4.39 Å². The predicted molar refractivity (Wildman–Crippen MR) is 67.5 cm³/mol. The second-order valence-corrected chi connectivity index (χ2v) is 4.45. The Labute approximate surface area is 102 Å². The van der Waals surface area contributed by atoms with E-state index in [0.29, 0.717) is 12.8 Å². The largest absolute Gasteiger partial charge is 0.306 e. The molecule has 1 aromatic carbocycles. The first kappa shape index (κ1) is 13.8. The summed E-state index contributed by atoms with van der Waals surface area (Å²) in [7, 11) is 2.00. The molecular formula is C14H20FNO. The van der Waals surface area contributed by atoms with Gasteiger partial charge in [-0.15, -0.1) is 0 Å². The van der Waals surface area contributed by atoms with Gasteiger partial charge in [0.15, 0.2) is 0 Å². The normalized spacial score (nSPS) is 10.8. The highest BCUT2D eigenvalue weighted by Gasteiger charge is 2.03. The first-order valence-electron chi connectivity index (χ1n) is 6.01. The molecule has 1 aromatic rings. The van der Waals surface area contributed by atoms with Crippen molar-refractivity contribution >= 4 is 5.78 Å². The standard InChI is InChI=1S/C14H20FNO/c1-12(17)6-5-10-16(2)11-9-13-7-3-4-8-14(13)15/h3-4,7-8H,5-6,9-11H2,1-2H3. The summed E-state index contributed by atoms with van der Waals surface area (Å²) in [6.07, 6.45) is 2.22. The molecule has 0 amide bonds. The maximum absolute atomic E-state index is 13.3. The summed E-state index contributed by atoms with van der Waals surface area (Å²) in [6.45, 7) is 3.31. The van der Waals surface area contributed by atoms with Gasteiger partial charge in [-0.3, -0.25) is 0 Å². The Balaban J connectivity index is 2.26. The van der Waals surface area contributed by atoms with Gasteiger partial charge in [-0.25, -0.2) is 4.39 Å². The van der Waals surface area contributed by atoms with Crippen LogP contribution in [0.25, 0.3) is 0 Å². The minimum atomic E-state index is -0.135. The van der Waals surface area contributed by atoms with E-state index in [9.17, 15) is 9.18 Å². The molecule has 2 nitrogen and oxygen atoms in total. The van der Waals surface area contributed by atoms with E-state index in [2.05, 4.69) is 4.90 Å².